The molecule has 0 saturated carbocycles. The molecule has 3 nitrogen and oxygen atoms in total. The minimum atomic E-state index is -0.761. The van der Waals surface area contributed by atoms with Crippen molar-refractivity contribution in [2.24, 2.45) is 5.92 Å². The lowest BCUT2D eigenvalue weighted by Crippen LogP contribution is -2.22. The maximum atomic E-state index is 11.2. The Hall–Kier alpha value is -1.16. The molecule has 0 fully saturated rings. The van der Waals surface area contributed by atoms with E-state index in [4.69, 9.17) is 4.74 Å². The number of hydrogen-bond donors (Lipinski definition) is 1. The van der Waals surface area contributed by atoms with Gasteiger partial charge in [0.05, 0.1) is 7.11 Å². The van der Waals surface area contributed by atoms with Crippen molar-refractivity contribution in [2.75, 3.05) is 7.11 Å². The lowest BCUT2D eigenvalue weighted by Gasteiger charge is -2.18. The van der Waals surface area contributed by atoms with Crippen molar-refractivity contribution in [1.82, 2.24) is 0 Å². The molecule has 0 radical (unpaired) electrons. The molecule has 18 heavy (non-hydrogen) atoms. The number of rotatable bonds is 5. The zero-order valence-electron chi connectivity index (χ0n) is 11.5. The smallest absolute Gasteiger partial charge is 0.317 e. The van der Waals surface area contributed by atoms with Gasteiger partial charge in [-0.15, -0.1) is 11.8 Å². The Balaban J connectivity index is 3.03. The van der Waals surface area contributed by atoms with Crippen LogP contribution in [0.5, 0.6) is 5.75 Å². The molecule has 1 atom stereocenters. The van der Waals surface area contributed by atoms with E-state index < -0.39 is 11.2 Å². The minimum absolute atomic E-state index is 0.0920. The van der Waals surface area contributed by atoms with Crippen LogP contribution in [0.4, 0.5) is 0 Å². The normalized spacial score (nSPS) is 12.6. The molecule has 0 bridgehead atoms. The van der Waals surface area contributed by atoms with E-state index in [1.807, 2.05) is 39.8 Å². The molecule has 0 aliphatic rings. The molecule has 4 heteroatoms. The summed E-state index contributed by atoms with van der Waals surface area (Å²) in [6, 6.07) is 3.95. The predicted molar refractivity (Wildman–Crippen MR) is 74.6 cm³/mol. The van der Waals surface area contributed by atoms with Gasteiger partial charge in [-0.2, -0.15) is 0 Å². The van der Waals surface area contributed by atoms with Crippen LogP contribution in [0.3, 0.4) is 0 Å². The number of methoxy groups -OCH3 is 1. The van der Waals surface area contributed by atoms with Gasteiger partial charge in [-0.3, -0.25) is 4.79 Å². The van der Waals surface area contributed by atoms with E-state index >= 15 is 0 Å². The number of carbonyl (C=O) groups is 1. The van der Waals surface area contributed by atoms with Crippen molar-refractivity contribution in [3.8, 4) is 5.75 Å². The molecule has 100 valence electrons. The van der Waals surface area contributed by atoms with Crippen molar-refractivity contribution in [3.63, 3.8) is 0 Å². The third-order valence-corrected chi connectivity index (χ3v) is 4.49. The summed E-state index contributed by atoms with van der Waals surface area (Å²) in [4.78, 5) is 12.2. The van der Waals surface area contributed by atoms with E-state index in [1.165, 1.54) is 11.8 Å². The van der Waals surface area contributed by atoms with Crippen molar-refractivity contribution in [1.29, 1.82) is 0 Å². The second kappa shape index (κ2) is 6.14. The highest BCUT2D eigenvalue weighted by Crippen LogP contribution is 2.34. The Labute approximate surface area is 113 Å². The van der Waals surface area contributed by atoms with E-state index in [1.54, 1.807) is 7.11 Å². The minimum Gasteiger partial charge on any atom is -0.496 e. The van der Waals surface area contributed by atoms with Gasteiger partial charge in [0.25, 0.3) is 0 Å². The molecule has 1 aromatic rings. The third kappa shape index (κ3) is 3.42. The Bertz CT molecular complexity index is 441. The zero-order chi connectivity index (χ0) is 13.9. The maximum Gasteiger partial charge on any atom is 0.317 e. The molecule has 0 aromatic heterocycles. The largest absolute Gasteiger partial charge is 0.496 e. The Kier molecular flexibility index (Phi) is 5.08. The fourth-order valence-electron chi connectivity index (χ4n) is 1.72. The van der Waals surface area contributed by atoms with Crippen LogP contribution in [-0.2, 0) is 4.79 Å². The average Bonchev–Trinajstić information content (AvgIpc) is 2.28. The van der Waals surface area contributed by atoms with Gasteiger partial charge in [0, 0.05) is 4.90 Å². The molecule has 0 heterocycles. The zero-order valence-corrected chi connectivity index (χ0v) is 12.3. The standard InChI is InChI=1S/C14H20O3S/c1-8(2)13(14(15)16)18-12-7-9(3)11(17-5)6-10(12)4/h6-8,13H,1-5H3,(H,15,16). The molecule has 1 unspecified atom stereocenters. The van der Waals surface area contributed by atoms with Crippen LogP contribution in [0, 0.1) is 19.8 Å². The van der Waals surface area contributed by atoms with E-state index in [0.717, 1.165) is 21.8 Å². The Morgan fingerprint density at radius 1 is 1.28 bits per heavy atom. The Morgan fingerprint density at radius 2 is 1.89 bits per heavy atom. The molecule has 1 N–H and O–H groups in total. The van der Waals surface area contributed by atoms with E-state index in [2.05, 4.69) is 0 Å². The summed E-state index contributed by atoms with van der Waals surface area (Å²) < 4.78 is 5.26. The van der Waals surface area contributed by atoms with Crippen LogP contribution in [0.15, 0.2) is 17.0 Å². The summed E-state index contributed by atoms with van der Waals surface area (Å²) in [6.45, 7) is 7.80. The molecule has 0 saturated heterocycles. The van der Waals surface area contributed by atoms with Crippen molar-refractivity contribution < 1.29 is 14.6 Å². The Morgan fingerprint density at radius 3 is 2.33 bits per heavy atom. The first-order valence-corrected chi connectivity index (χ1v) is 6.79. The van der Waals surface area contributed by atoms with Gasteiger partial charge >= 0.3 is 5.97 Å². The molecule has 0 aliphatic carbocycles. The molecular weight excluding hydrogens is 248 g/mol. The number of aryl methyl sites for hydroxylation is 2. The fraction of sp³-hybridized carbons (Fsp3) is 0.500. The molecule has 0 spiro atoms. The maximum absolute atomic E-state index is 11.2. The van der Waals surface area contributed by atoms with Crippen molar-refractivity contribution >= 4 is 17.7 Å². The first-order valence-electron chi connectivity index (χ1n) is 5.91. The van der Waals surface area contributed by atoms with E-state index in [-0.39, 0.29) is 5.92 Å². The lowest BCUT2D eigenvalue weighted by atomic mass is 10.1. The first kappa shape index (κ1) is 14.9. The number of hydrogen-bond acceptors (Lipinski definition) is 3. The number of ether oxygens (including phenoxy) is 1. The summed E-state index contributed by atoms with van der Waals surface area (Å²) in [6.07, 6.45) is 0. The quantitative estimate of drug-likeness (QED) is 0.830. The summed E-state index contributed by atoms with van der Waals surface area (Å²) in [5.41, 5.74) is 2.08. The average molecular weight is 268 g/mol. The summed E-state index contributed by atoms with van der Waals surface area (Å²) in [7, 11) is 1.64. The van der Waals surface area contributed by atoms with Crippen LogP contribution < -0.4 is 4.74 Å². The topological polar surface area (TPSA) is 46.5 Å². The second-order valence-electron chi connectivity index (χ2n) is 4.71. The van der Waals surface area contributed by atoms with Gasteiger partial charge in [0.15, 0.2) is 0 Å². The predicted octanol–water partition coefficient (Wildman–Crippen LogP) is 3.51. The van der Waals surface area contributed by atoms with E-state index in [0.29, 0.717) is 0 Å². The van der Waals surface area contributed by atoms with Crippen LogP contribution >= 0.6 is 11.8 Å². The summed E-state index contributed by atoms with van der Waals surface area (Å²) in [5, 5.41) is 8.80. The lowest BCUT2D eigenvalue weighted by molar-refractivity contribution is -0.137. The highest BCUT2D eigenvalue weighted by atomic mass is 32.2. The second-order valence-corrected chi connectivity index (χ2v) is 5.89. The SMILES string of the molecule is COc1cc(C)c(SC(C(=O)O)C(C)C)cc1C. The van der Waals surface area contributed by atoms with Gasteiger partial charge in [0.2, 0.25) is 0 Å². The van der Waals surface area contributed by atoms with Gasteiger partial charge in [-0.05, 0) is 43.0 Å². The number of carboxylic acid groups (broad SMARTS) is 1. The number of aliphatic carboxylic acids is 1. The molecule has 1 aromatic carbocycles. The molecular formula is C14H20O3S. The van der Waals surface area contributed by atoms with Gasteiger partial charge in [0.1, 0.15) is 11.0 Å². The number of carboxylic acids is 1. The van der Waals surface area contributed by atoms with Crippen LogP contribution in [0.25, 0.3) is 0 Å². The van der Waals surface area contributed by atoms with Gasteiger partial charge in [-0.25, -0.2) is 0 Å². The van der Waals surface area contributed by atoms with Gasteiger partial charge < -0.3 is 9.84 Å². The van der Waals surface area contributed by atoms with Crippen molar-refractivity contribution in [3.05, 3.63) is 23.3 Å². The summed E-state index contributed by atoms with van der Waals surface area (Å²) in [5.74, 6) is 0.172. The molecule has 0 amide bonds. The molecule has 0 aliphatic heterocycles. The summed E-state index contributed by atoms with van der Waals surface area (Å²) >= 11 is 1.41. The monoisotopic (exact) mass is 268 g/mol. The molecule has 1 rings (SSSR count). The van der Waals surface area contributed by atoms with Crippen molar-refractivity contribution in [2.45, 2.75) is 37.8 Å². The first-order chi connectivity index (χ1) is 8.36. The highest BCUT2D eigenvalue weighted by Gasteiger charge is 2.23. The fourth-order valence-corrected chi connectivity index (χ4v) is 2.85. The highest BCUT2D eigenvalue weighted by molar-refractivity contribution is 8.00. The van der Waals surface area contributed by atoms with E-state index in [9.17, 15) is 9.90 Å². The van der Waals surface area contributed by atoms with Crippen LogP contribution in [-0.4, -0.2) is 23.4 Å². The third-order valence-electron chi connectivity index (χ3n) is 2.80. The van der Waals surface area contributed by atoms with Gasteiger partial charge in [-0.1, -0.05) is 13.8 Å². The van der Waals surface area contributed by atoms with Crippen LogP contribution in [0.2, 0.25) is 0 Å². The number of thioether (sulfide) groups is 1. The van der Waals surface area contributed by atoms with Crippen LogP contribution in [0.1, 0.15) is 25.0 Å². The number of benzene rings is 1.